The van der Waals surface area contributed by atoms with E-state index in [1.54, 1.807) is 24.3 Å². The second-order valence-corrected chi connectivity index (χ2v) is 6.48. The van der Waals surface area contributed by atoms with Crippen molar-refractivity contribution in [1.82, 2.24) is 4.98 Å². The van der Waals surface area contributed by atoms with Crippen molar-refractivity contribution in [3.05, 3.63) is 77.9 Å². The van der Waals surface area contributed by atoms with Crippen LogP contribution in [0, 0.1) is 6.92 Å². The van der Waals surface area contributed by atoms with Gasteiger partial charge in [0.15, 0.2) is 5.58 Å². The molecule has 5 nitrogen and oxygen atoms in total. The molecule has 1 aromatic heterocycles. The van der Waals surface area contributed by atoms with Crippen LogP contribution < -0.4 is 10.1 Å². The van der Waals surface area contributed by atoms with Gasteiger partial charge in [0.05, 0.1) is 6.61 Å². The zero-order valence-electron chi connectivity index (χ0n) is 15.7. The molecular formula is C23H20N2O3. The standard InChI is InChI=1S/C23H20N2O3/c1-3-27-19-11-7-16(8-12-19)22(26)24-18-9-5-17(6-10-18)23-25-20-13-4-15(2)14-21(20)28-23/h4-14H,3H2,1-2H3,(H,24,26). The summed E-state index contributed by atoms with van der Waals surface area (Å²) in [4.78, 5) is 16.9. The van der Waals surface area contributed by atoms with Gasteiger partial charge in [-0.25, -0.2) is 4.98 Å². The van der Waals surface area contributed by atoms with E-state index in [1.807, 2.05) is 56.3 Å². The predicted molar refractivity (Wildman–Crippen MR) is 110 cm³/mol. The number of hydrogen-bond donors (Lipinski definition) is 1. The summed E-state index contributed by atoms with van der Waals surface area (Å²) in [5.41, 5.74) is 4.85. The summed E-state index contributed by atoms with van der Waals surface area (Å²) in [6.07, 6.45) is 0. The van der Waals surface area contributed by atoms with Gasteiger partial charge in [-0.1, -0.05) is 6.07 Å². The lowest BCUT2D eigenvalue weighted by atomic mass is 10.1. The van der Waals surface area contributed by atoms with Crippen molar-refractivity contribution in [3.8, 4) is 17.2 Å². The Hall–Kier alpha value is -3.60. The van der Waals surface area contributed by atoms with Crippen LogP contribution in [0.4, 0.5) is 5.69 Å². The fourth-order valence-corrected chi connectivity index (χ4v) is 2.92. The van der Waals surface area contributed by atoms with E-state index in [-0.39, 0.29) is 5.91 Å². The molecule has 3 aromatic carbocycles. The number of rotatable bonds is 5. The molecule has 5 heteroatoms. The number of anilines is 1. The summed E-state index contributed by atoms with van der Waals surface area (Å²) in [7, 11) is 0. The molecule has 0 atom stereocenters. The molecule has 1 amide bonds. The Kier molecular flexibility index (Phi) is 4.81. The summed E-state index contributed by atoms with van der Waals surface area (Å²) in [5.74, 6) is 1.13. The second-order valence-electron chi connectivity index (χ2n) is 6.48. The Morgan fingerprint density at radius 1 is 1.04 bits per heavy atom. The minimum Gasteiger partial charge on any atom is -0.494 e. The normalized spacial score (nSPS) is 10.8. The Morgan fingerprint density at radius 3 is 2.50 bits per heavy atom. The van der Waals surface area contributed by atoms with Gasteiger partial charge in [-0.05, 0) is 80.1 Å². The van der Waals surface area contributed by atoms with Crippen LogP contribution in [0.5, 0.6) is 5.75 Å². The van der Waals surface area contributed by atoms with E-state index in [0.717, 1.165) is 28.0 Å². The van der Waals surface area contributed by atoms with E-state index < -0.39 is 0 Å². The monoisotopic (exact) mass is 372 g/mol. The van der Waals surface area contributed by atoms with E-state index >= 15 is 0 Å². The lowest BCUT2D eigenvalue weighted by molar-refractivity contribution is 0.102. The maximum atomic E-state index is 12.4. The van der Waals surface area contributed by atoms with Crippen LogP contribution in [-0.2, 0) is 0 Å². The largest absolute Gasteiger partial charge is 0.494 e. The van der Waals surface area contributed by atoms with Gasteiger partial charge in [-0.2, -0.15) is 0 Å². The molecule has 0 saturated heterocycles. The fraction of sp³-hybridized carbons (Fsp3) is 0.130. The highest BCUT2D eigenvalue weighted by atomic mass is 16.5. The van der Waals surface area contributed by atoms with E-state index in [9.17, 15) is 4.79 Å². The molecule has 0 spiro atoms. The Balaban J connectivity index is 1.48. The summed E-state index contributed by atoms with van der Waals surface area (Å²) < 4.78 is 11.2. The van der Waals surface area contributed by atoms with Gasteiger partial charge in [-0.3, -0.25) is 4.79 Å². The average Bonchev–Trinajstić information content (AvgIpc) is 3.12. The molecular weight excluding hydrogens is 352 g/mol. The highest BCUT2D eigenvalue weighted by molar-refractivity contribution is 6.04. The predicted octanol–water partition coefficient (Wildman–Crippen LogP) is 5.45. The summed E-state index contributed by atoms with van der Waals surface area (Å²) in [6, 6.07) is 20.4. The van der Waals surface area contributed by atoms with E-state index in [1.165, 1.54) is 0 Å². The SMILES string of the molecule is CCOc1ccc(C(=O)Nc2ccc(-c3nc4ccc(C)cc4o3)cc2)cc1. The van der Waals surface area contributed by atoms with Gasteiger partial charge in [0.1, 0.15) is 11.3 Å². The number of carbonyl (C=O) groups excluding carboxylic acids is 1. The number of carbonyl (C=O) groups is 1. The van der Waals surface area contributed by atoms with Crippen molar-refractivity contribution in [3.63, 3.8) is 0 Å². The van der Waals surface area contributed by atoms with Crippen LogP contribution in [0.3, 0.4) is 0 Å². The van der Waals surface area contributed by atoms with Crippen molar-refractivity contribution < 1.29 is 13.9 Å². The van der Waals surface area contributed by atoms with Gasteiger partial charge in [0.2, 0.25) is 5.89 Å². The molecule has 28 heavy (non-hydrogen) atoms. The molecule has 0 fully saturated rings. The van der Waals surface area contributed by atoms with Crippen molar-refractivity contribution in [2.24, 2.45) is 0 Å². The summed E-state index contributed by atoms with van der Waals surface area (Å²) in [6.45, 7) is 4.53. The van der Waals surface area contributed by atoms with Gasteiger partial charge in [0.25, 0.3) is 5.91 Å². The molecule has 0 aliphatic rings. The number of nitrogens with zero attached hydrogens (tertiary/aromatic N) is 1. The Bertz CT molecular complexity index is 1110. The number of benzene rings is 3. The van der Waals surface area contributed by atoms with Crippen LogP contribution in [-0.4, -0.2) is 17.5 Å². The number of oxazole rings is 1. The van der Waals surface area contributed by atoms with E-state index in [0.29, 0.717) is 23.7 Å². The smallest absolute Gasteiger partial charge is 0.255 e. The van der Waals surface area contributed by atoms with Crippen molar-refractivity contribution in [1.29, 1.82) is 0 Å². The van der Waals surface area contributed by atoms with Gasteiger partial charge >= 0.3 is 0 Å². The Labute approximate surface area is 163 Å². The third-order valence-electron chi connectivity index (χ3n) is 4.36. The van der Waals surface area contributed by atoms with Crippen LogP contribution in [0.1, 0.15) is 22.8 Å². The highest BCUT2D eigenvalue weighted by Crippen LogP contribution is 2.26. The molecule has 4 rings (SSSR count). The molecule has 0 unspecified atom stereocenters. The maximum Gasteiger partial charge on any atom is 0.255 e. The first-order valence-electron chi connectivity index (χ1n) is 9.14. The zero-order chi connectivity index (χ0) is 19.5. The van der Waals surface area contributed by atoms with Crippen LogP contribution in [0.15, 0.2) is 71.1 Å². The average molecular weight is 372 g/mol. The molecule has 0 bridgehead atoms. The highest BCUT2D eigenvalue weighted by Gasteiger charge is 2.10. The zero-order valence-corrected chi connectivity index (χ0v) is 15.7. The van der Waals surface area contributed by atoms with Gasteiger partial charge < -0.3 is 14.5 Å². The van der Waals surface area contributed by atoms with E-state index in [4.69, 9.17) is 9.15 Å². The number of amides is 1. The lowest BCUT2D eigenvalue weighted by Gasteiger charge is -2.07. The van der Waals surface area contributed by atoms with Crippen molar-refractivity contribution >= 4 is 22.7 Å². The van der Waals surface area contributed by atoms with Crippen LogP contribution in [0.2, 0.25) is 0 Å². The summed E-state index contributed by atoms with van der Waals surface area (Å²) >= 11 is 0. The Morgan fingerprint density at radius 2 is 1.79 bits per heavy atom. The third kappa shape index (κ3) is 3.74. The first kappa shape index (κ1) is 17.8. The molecule has 0 aliphatic heterocycles. The molecule has 0 radical (unpaired) electrons. The van der Waals surface area contributed by atoms with Crippen LogP contribution in [0.25, 0.3) is 22.6 Å². The molecule has 0 aliphatic carbocycles. The first-order chi connectivity index (χ1) is 13.6. The molecule has 4 aromatic rings. The number of aromatic nitrogens is 1. The molecule has 1 heterocycles. The summed E-state index contributed by atoms with van der Waals surface area (Å²) in [5, 5.41) is 2.89. The van der Waals surface area contributed by atoms with E-state index in [2.05, 4.69) is 10.3 Å². The number of ether oxygens (including phenoxy) is 1. The number of hydrogen-bond acceptors (Lipinski definition) is 4. The van der Waals surface area contributed by atoms with Gasteiger partial charge in [0, 0.05) is 16.8 Å². The molecule has 140 valence electrons. The maximum absolute atomic E-state index is 12.4. The lowest BCUT2D eigenvalue weighted by Crippen LogP contribution is -2.11. The second kappa shape index (κ2) is 7.56. The number of nitrogens with one attached hydrogen (secondary N) is 1. The molecule has 0 saturated carbocycles. The minimum atomic E-state index is -0.173. The van der Waals surface area contributed by atoms with Crippen molar-refractivity contribution in [2.45, 2.75) is 13.8 Å². The third-order valence-corrected chi connectivity index (χ3v) is 4.36. The number of aryl methyl sites for hydroxylation is 1. The van der Waals surface area contributed by atoms with Gasteiger partial charge in [-0.15, -0.1) is 0 Å². The topological polar surface area (TPSA) is 64.4 Å². The minimum absolute atomic E-state index is 0.173. The van der Waals surface area contributed by atoms with Crippen LogP contribution >= 0.6 is 0 Å². The quantitative estimate of drug-likeness (QED) is 0.506. The van der Waals surface area contributed by atoms with Crippen molar-refractivity contribution in [2.75, 3.05) is 11.9 Å². The number of fused-ring (bicyclic) bond motifs is 1. The molecule has 1 N–H and O–H groups in total. The fourth-order valence-electron chi connectivity index (χ4n) is 2.92. The first-order valence-corrected chi connectivity index (χ1v) is 9.14.